The normalized spacial score (nSPS) is 11.9. The Morgan fingerprint density at radius 1 is 1.06 bits per heavy atom. The quantitative estimate of drug-likeness (QED) is 0.541. The average molecular weight is 434 g/mol. The highest BCUT2D eigenvalue weighted by atomic mass is 16.7. The van der Waals surface area contributed by atoms with Crippen LogP contribution in [0.1, 0.15) is 35.0 Å². The van der Waals surface area contributed by atoms with Gasteiger partial charge in [-0.3, -0.25) is 4.79 Å². The Bertz CT molecular complexity index is 1120. The van der Waals surface area contributed by atoms with Gasteiger partial charge in [-0.05, 0) is 43.2 Å². The minimum Gasteiger partial charge on any atom is -0.462 e. The molecule has 1 aromatic heterocycles. The number of benzene rings is 2. The molecule has 2 aromatic carbocycles. The van der Waals surface area contributed by atoms with Crippen molar-refractivity contribution in [3.63, 3.8) is 0 Å². The van der Waals surface area contributed by atoms with E-state index in [1.54, 1.807) is 6.92 Å². The van der Waals surface area contributed by atoms with Crippen molar-refractivity contribution in [1.82, 2.24) is 9.88 Å². The van der Waals surface area contributed by atoms with E-state index in [9.17, 15) is 9.59 Å². The predicted octanol–water partition coefficient (Wildman–Crippen LogP) is 4.08. The molecule has 2 heterocycles. The summed E-state index contributed by atoms with van der Waals surface area (Å²) in [4.78, 5) is 25.0. The number of rotatable bonds is 8. The fourth-order valence-electron chi connectivity index (χ4n) is 3.75. The SMILES string of the molecule is CCOC(=O)c1cc(-c2ccccc2)n(CCC(=O)NCc2ccc3c(c2)OCO3)c1C. The number of esters is 1. The van der Waals surface area contributed by atoms with Gasteiger partial charge in [0.15, 0.2) is 11.5 Å². The minimum absolute atomic E-state index is 0.0764. The number of nitrogens with zero attached hydrogens (tertiary/aromatic N) is 1. The van der Waals surface area contributed by atoms with E-state index in [0.717, 1.165) is 22.5 Å². The molecule has 0 radical (unpaired) electrons. The molecule has 1 N–H and O–H groups in total. The Hall–Kier alpha value is -3.74. The van der Waals surface area contributed by atoms with Crippen molar-refractivity contribution in [2.45, 2.75) is 33.4 Å². The zero-order valence-electron chi connectivity index (χ0n) is 18.2. The van der Waals surface area contributed by atoms with Crippen molar-refractivity contribution >= 4 is 11.9 Å². The fraction of sp³-hybridized carbons (Fsp3) is 0.280. The molecular weight excluding hydrogens is 408 g/mol. The molecule has 1 aliphatic rings. The maximum atomic E-state index is 12.6. The number of hydrogen-bond donors (Lipinski definition) is 1. The predicted molar refractivity (Wildman–Crippen MR) is 120 cm³/mol. The topological polar surface area (TPSA) is 78.8 Å². The van der Waals surface area contributed by atoms with Gasteiger partial charge >= 0.3 is 5.97 Å². The molecule has 0 saturated carbocycles. The Labute approximate surface area is 186 Å². The summed E-state index contributed by atoms with van der Waals surface area (Å²) < 4.78 is 17.9. The summed E-state index contributed by atoms with van der Waals surface area (Å²) in [6.45, 7) is 5.05. The highest BCUT2D eigenvalue weighted by Crippen LogP contribution is 2.32. The molecule has 1 amide bonds. The number of ether oxygens (including phenoxy) is 3. The molecule has 32 heavy (non-hydrogen) atoms. The average Bonchev–Trinajstić information content (AvgIpc) is 3.41. The van der Waals surface area contributed by atoms with Gasteiger partial charge in [-0.1, -0.05) is 36.4 Å². The zero-order valence-corrected chi connectivity index (χ0v) is 18.2. The van der Waals surface area contributed by atoms with Crippen LogP contribution in [0.2, 0.25) is 0 Å². The van der Waals surface area contributed by atoms with Crippen molar-refractivity contribution in [1.29, 1.82) is 0 Å². The molecule has 7 nitrogen and oxygen atoms in total. The van der Waals surface area contributed by atoms with Gasteiger partial charge in [-0.25, -0.2) is 4.79 Å². The highest BCUT2D eigenvalue weighted by Gasteiger charge is 2.20. The largest absolute Gasteiger partial charge is 0.462 e. The van der Waals surface area contributed by atoms with E-state index in [1.165, 1.54) is 0 Å². The number of fused-ring (bicyclic) bond motifs is 1. The smallest absolute Gasteiger partial charge is 0.339 e. The molecule has 0 spiro atoms. The van der Waals surface area contributed by atoms with Crippen LogP contribution in [-0.4, -0.2) is 29.8 Å². The molecule has 0 saturated heterocycles. The van der Waals surface area contributed by atoms with Gasteiger partial charge in [-0.2, -0.15) is 0 Å². The summed E-state index contributed by atoms with van der Waals surface area (Å²) in [6, 6.07) is 17.3. The first-order valence-corrected chi connectivity index (χ1v) is 10.6. The number of hydrogen-bond acceptors (Lipinski definition) is 5. The van der Waals surface area contributed by atoms with Crippen molar-refractivity contribution in [3.05, 3.63) is 71.4 Å². The van der Waals surface area contributed by atoms with Crippen LogP contribution in [0.15, 0.2) is 54.6 Å². The van der Waals surface area contributed by atoms with E-state index in [4.69, 9.17) is 14.2 Å². The van der Waals surface area contributed by atoms with E-state index in [1.807, 2.05) is 66.1 Å². The van der Waals surface area contributed by atoms with Gasteiger partial charge in [0.25, 0.3) is 0 Å². The van der Waals surface area contributed by atoms with Crippen LogP contribution in [-0.2, 0) is 22.6 Å². The second-order valence-electron chi connectivity index (χ2n) is 7.48. The third-order valence-electron chi connectivity index (χ3n) is 5.42. The van der Waals surface area contributed by atoms with E-state index < -0.39 is 0 Å². The Morgan fingerprint density at radius 2 is 1.84 bits per heavy atom. The number of nitrogens with one attached hydrogen (secondary N) is 1. The van der Waals surface area contributed by atoms with Crippen LogP contribution < -0.4 is 14.8 Å². The summed E-state index contributed by atoms with van der Waals surface area (Å²) in [7, 11) is 0. The molecule has 0 unspecified atom stereocenters. The zero-order chi connectivity index (χ0) is 22.5. The van der Waals surface area contributed by atoms with Crippen LogP contribution in [0.5, 0.6) is 11.5 Å². The molecule has 0 bridgehead atoms. The molecule has 7 heteroatoms. The van der Waals surface area contributed by atoms with Crippen LogP contribution in [0, 0.1) is 6.92 Å². The first kappa shape index (κ1) is 21.5. The standard InChI is InChI=1S/C25H26N2O5/c1-3-30-25(29)20-14-21(19-7-5-4-6-8-19)27(17(20)2)12-11-24(28)26-15-18-9-10-22-23(13-18)32-16-31-22/h4-10,13-14H,3,11-12,15-16H2,1-2H3,(H,26,28). The van der Waals surface area contributed by atoms with Gasteiger partial charge in [0.1, 0.15) is 0 Å². The second kappa shape index (κ2) is 9.60. The summed E-state index contributed by atoms with van der Waals surface area (Å²) in [5.74, 6) is 0.980. The Balaban J connectivity index is 1.45. The lowest BCUT2D eigenvalue weighted by Gasteiger charge is -2.13. The molecule has 0 atom stereocenters. The number of aromatic nitrogens is 1. The summed E-state index contributed by atoms with van der Waals surface area (Å²) in [5, 5.41) is 2.95. The lowest BCUT2D eigenvalue weighted by molar-refractivity contribution is -0.121. The van der Waals surface area contributed by atoms with Crippen LogP contribution in [0.25, 0.3) is 11.3 Å². The molecule has 166 valence electrons. The second-order valence-corrected chi connectivity index (χ2v) is 7.48. The summed E-state index contributed by atoms with van der Waals surface area (Å²) in [6.07, 6.45) is 0.280. The maximum Gasteiger partial charge on any atom is 0.339 e. The fourth-order valence-corrected chi connectivity index (χ4v) is 3.75. The van der Waals surface area contributed by atoms with Gasteiger partial charge in [0.2, 0.25) is 12.7 Å². The van der Waals surface area contributed by atoms with Gasteiger partial charge in [0, 0.05) is 30.9 Å². The number of amides is 1. The third kappa shape index (κ3) is 4.61. The van der Waals surface area contributed by atoms with Crippen LogP contribution in [0.3, 0.4) is 0 Å². The van der Waals surface area contributed by atoms with Gasteiger partial charge < -0.3 is 24.1 Å². The van der Waals surface area contributed by atoms with E-state index >= 15 is 0 Å². The molecule has 3 aromatic rings. The molecule has 0 aliphatic carbocycles. The van der Waals surface area contributed by atoms with Crippen LogP contribution >= 0.6 is 0 Å². The molecular formula is C25H26N2O5. The third-order valence-corrected chi connectivity index (χ3v) is 5.42. The number of carbonyl (C=O) groups excluding carboxylic acids is 2. The van der Waals surface area contributed by atoms with Crippen molar-refractivity contribution in [2.75, 3.05) is 13.4 Å². The minimum atomic E-state index is -0.354. The van der Waals surface area contributed by atoms with Crippen LogP contribution in [0.4, 0.5) is 0 Å². The lowest BCUT2D eigenvalue weighted by Crippen LogP contribution is -2.24. The molecule has 1 aliphatic heterocycles. The monoisotopic (exact) mass is 434 g/mol. The van der Waals surface area contributed by atoms with E-state index in [-0.39, 0.29) is 25.1 Å². The van der Waals surface area contributed by atoms with Crippen molar-refractivity contribution in [2.24, 2.45) is 0 Å². The first-order chi connectivity index (χ1) is 15.6. The van der Waals surface area contributed by atoms with E-state index in [2.05, 4.69) is 5.32 Å². The Morgan fingerprint density at radius 3 is 2.62 bits per heavy atom. The highest BCUT2D eigenvalue weighted by molar-refractivity contribution is 5.92. The Kier molecular flexibility index (Phi) is 6.44. The van der Waals surface area contributed by atoms with E-state index in [0.29, 0.717) is 36.8 Å². The summed E-state index contributed by atoms with van der Waals surface area (Å²) >= 11 is 0. The van der Waals surface area contributed by atoms with Gasteiger partial charge in [-0.15, -0.1) is 0 Å². The first-order valence-electron chi connectivity index (χ1n) is 10.6. The number of carbonyl (C=O) groups is 2. The molecule has 4 rings (SSSR count). The lowest BCUT2D eigenvalue weighted by atomic mass is 10.1. The van der Waals surface area contributed by atoms with Crippen molar-refractivity contribution < 1.29 is 23.8 Å². The van der Waals surface area contributed by atoms with Crippen molar-refractivity contribution in [3.8, 4) is 22.8 Å². The maximum absolute atomic E-state index is 12.6. The molecule has 0 fully saturated rings. The van der Waals surface area contributed by atoms with Gasteiger partial charge in [0.05, 0.1) is 12.2 Å². The summed E-state index contributed by atoms with van der Waals surface area (Å²) in [5.41, 5.74) is 4.10.